The standard InChI is InChI=1S/C17H18N2O4/c1-11(17(22)23)19(12-6-7-12)16(21)10-18-9-8-15(20)13-4-2-3-5-14(13)18/h2-5,8-9,11-12H,6-7,10H2,1H3,(H,22,23). The fourth-order valence-corrected chi connectivity index (χ4v) is 2.83. The first-order valence-corrected chi connectivity index (χ1v) is 7.61. The zero-order valence-electron chi connectivity index (χ0n) is 12.8. The van der Waals surface area contributed by atoms with Crippen molar-refractivity contribution in [2.24, 2.45) is 0 Å². The average molecular weight is 314 g/mol. The lowest BCUT2D eigenvalue weighted by molar-refractivity contribution is -0.150. The second-order valence-corrected chi connectivity index (χ2v) is 5.87. The SMILES string of the molecule is CC(C(=O)O)N(C(=O)Cn1ccc(=O)c2ccccc21)C1CC1. The number of hydrogen-bond donors (Lipinski definition) is 1. The Morgan fingerprint density at radius 1 is 1.30 bits per heavy atom. The molecule has 1 atom stereocenters. The highest BCUT2D eigenvalue weighted by Crippen LogP contribution is 2.29. The molecule has 0 radical (unpaired) electrons. The summed E-state index contributed by atoms with van der Waals surface area (Å²) in [5.41, 5.74) is 0.578. The molecule has 0 saturated heterocycles. The van der Waals surface area contributed by atoms with Crippen LogP contribution >= 0.6 is 0 Å². The number of rotatable bonds is 5. The summed E-state index contributed by atoms with van der Waals surface area (Å²) in [6, 6.07) is 7.68. The van der Waals surface area contributed by atoms with Gasteiger partial charge in [0.2, 0.25) is 5.91 Å². The van der Waals surface area contributed by atoms with Gasteiger partial charge in [0.25, 0.3) is 0 Å². The molecule has 0 spiro atoms. The van der Waals surface area contributed by atoms with E-state index >= 15 is 0 Å². The average Bonchev–Trinajstić information content (AvgIpc) is 3.35. The van der Waals surface area contributed by atoms with E-state index in [1.54, 1.807) is 35.0 Å². The van der Waals surface area contributed by atoms with Crippen molar-refractivity contribution < 1.29 is 14.7 Å². The molecule has 2 aromatic rings. The van der Waals surface area contributed by atoms with Gasteiger partial charge in [0, 0.05) is 23.7 Å². The molecular formula is C17H18N2O4. The van der Waals surface area contributed by atoms with Crippen LogP contribution in [-0.2, 0) is 16.1 Å². The first-order valence-electron chi connectivity index (χ1n) is 7.61. The molecule has 1 N–H and O–H groups in total. The molecule has 1 aromatic carbocycles. The minimum Gasteiger partial charge on any atom is -0.480 e. The first kappa shape index (κ1) is 15.3. The normalized spacial score (nSPS) is 15.3. The van der Waals surface area contributed by atoms with Crippen LogP contribution in [0, 0.1) is 0 Å². The van der Waals surface area contributed by atoms with Gasteiger partial charge in [-0.25, -0.2) is 4.79 Å². The van der Waals surface area contributed by atoms with Crippen LogP contribution in [0.2, 0.25) is 0 Å². The number of benzene rings is 1. The van der Waals surface area contributed by atoms with Gasteiger partial charge in [-0.3, -0.25) is 9.59 Å². The maximum absolute atomic E-state index is 12.6. The Bertz CT molecular complexity index is 823. The Morgan fingerprint density at radius 3 is 2.65 bits per heavy atom. The molecule has 23 heavy (non-hydrogen) atoms. The number of nitrogens with zero attached hydrogens (tertiary/aromatic N) is 2. The third-order valence-corrected chi connectivity index (χ3v) is 4.19. The molecule has 1 aromatic heterocycles. The lowest BCUT2D eigenvalue weighted by atomic mass is 10.2. The summed E-state index contributed by atoms with van der Waals surface area (Å²) >= 11 is 0. The molecule has 1 amide bonds. The zero-order chi connectivity index (χ0) is 16.6. The highest BCUT2D eigenvalue weighted by molar-refractivity contribution is 5.85. The fraction of sp³-hybridized carbons (Fsp3) is 0.353. The Balaban J connectivity index is 1.92. The second-order valence-electron chi connectivity index (χ2n) is 5.87. The van der Waals surface area contributed by atoms with Crippen molar-refractivity contribution >= 4 is 22.8 Å². The molecule has 1 fully saturated rings. The lowest BCUT2D eigenvalue weighted by Crippen LogP contribution is -2.46. The largest absolute Gasteiger partial charge is 0.480 e. The fourth-order valence-electron chi connectivity index (χ4n) is 2.83. The Kier molecular flexibility index (Phi) is 3.90. The van der Waals surface area contributed by atoms with Crippen molar-refractivity contribution in [1.29, 1.82) is 0 Å². The summed E-state index contributed by atoms with van der Waals surface area (Å²) < 4.78 is 1.70. The summed E-state index contributed by atoms with van der Waals surface area (Å²) in [6.45, 7) is 1.55. The van der Waals surface area contributed by atoms with E-state index < -0.39 is 12.0 Å². The molecule has 1 heterocycles. The van der Waals surface area contributed by atoms with Gasteiger partial charge in [-0.1, -0.05) is 12.1 Å². The van der Waals surface area contributed by atoms with Crippen LogP contribution in [0.4, 0.5) is 0 Å². The summed E-state index contributed by atoms with van der Waals surface area (Å²) in [6.07, 6.45) is 3.27. The van der Waals surface area contributed by atoms with Crippen LogP contribution in [0.3, 0.4) is 0 Å². The van der Waals surface area contributed by atoms with E-state index in [1.165, 1.54) is 17.9 Å². The van der Waals surface area contributed by atoms with Crippen LogP contribution in [0.1, 0.15) is 19.8 Å². The van der Waals surface area contributed by atoms with E-state index in [0.717, 1.165) is 12.8 Å². The molecule has 1 unspecified atom stereocenters. The van der Waals surface area contributed by atoms with Crippen molar-refractivity contribution in [2.75, 3.05) is 0 Å². The summed E-state index contributed by atoms with van der Waals surface area (Å²) in [5.74, 6) is -1.24. The van der Waals surface area contributed by atoms with Crippen molar-refractivity contribution in [3.8, 4) is 0 Å². The zero-order valence-corrected chi connectivity index (χ0v) is 12.8. The number of amides is 1. The van der Waals surface area contributed by atoms with E-state index in [-0.39, 0.29) is 23.9 Å². The monoisotopic (exact) mass is 314 g/mol. The van der Waals surface area contributed by atoms with Gasteiger partial charge in [0.05, 0.1) is 5.52 Å². The lowest BCUT2D eigenvalue weighted by Gasteiger charge is -2.27. The quantitative estimate of drug-likeness (QED) is 0.906. The van der Waals surface area contributed by atoms with E-state index in [4.69, 9.17) is 0 Å². The number of para-hydroxylation sites is 1. The number of carboxylic acid groups (broad SMARTS) is 1. The number of carboxylic acids is 1. The predicted octanol–water partition coefficient (Wildman–Crippen LogP) is 1.47. The molecule has 1 aliphatic rings. The minimum atomic E-state index is -1.00. The van der Waals surface area contributed by atoms with Crippen LogP contribution < -0.4 is 5.43 Å². The maximum atomic E-state index is 12.6. The van der Waals surface area contributed by atoms with Crippen LogP contribution in [0.15, 0.2) is 41.3 Å². The molecule has 1 aliphatic carbocycles. The van der Waals surface area contributed by atoms with Crippen LogP contribution in [-0.4, -0.2) is 38.5 Å². The summed E-state index contributed by atoms with van der Waals surface area (Å²) in [7, 11) is 0. The van der Waals surface area contributed by atoms with Crippen LogP contribution in [0.5, 0.6) is 0 Å². The molecule has 0 aliphatic heterocycles. The first-order chi connectivity index (χ1) is 11.0. The predicted molar refractivity (Wildman–Crippen MR) is 85.2 cm³/mol. The van der Waals surface area contributed by atoms with Crippen molar-refractivity contribution in [2.45, 2.75) is 38.4 Å². The van der Waals surface area contributed by atoms with Gasteiger partial charge in [-0.05, 0) is 31.9 Å². The molecule has 6 heteroatoms. The number of pyridine rings is 1. The third kappa shape index (κ3) is 2.97. The van der Waals surface area contributed by atoms with Gasteiger partial charge in [0.15, 0.2) is 5.43 Å². The number of fused-ring (bicyclic) bond motifs is 1. The van der Waals surface area contributed by atoms with Crippen molar-refractivity contribution in [1.82, 2.24) is 9.47 Å². The van der Waals surface area contributed by atoms with Crippen molar-refractivity contribution in [3.05, 3.63) is 46.8 Å². The Labute approximate surface area is 132 Å². The van der Waals surface area contributed by atoms with E-state index in [1.807, 2.05) is 0 Å². The number of aromatic nitrogens is 1. The second kappa shape index (κ2) is 5.87. The van der Waals surface area contributed by atoms with Crippen molar-refractivity contribution in [3.63, 3.8) is 0 Å². The number of aliphatic carboxylic acids is 1. The molecule has 1 saturated carbocycles. The third-order valence-electron chi connectivity index (χ3n) is 4.19. The smallest absolute Gasteiger partial charge is 0.326 e. The van der Waals surface area contributed by atoms with Crippen LogP contribution in [0.25, 0.3) is 10.9 Å². The topological polar surface area (TPSA) is 79.6 Å². The highest BCUT2D eigenvalue weighted by atomic mass is 16.4. The molecular weight excluding hydrogens is 296 g/mol. The molecule has 0 bridgehead atoms. The number of hydrogen-bond acceptors (Lipinski definition) is 3. The van der Waals surface area contributed by atoms with E-state index in [9.17, 15) is 19.5 Å². The summed E-state index contributed by atoms with van der Waals surface area (Å²) in [4.78, 5) is 37.2. The summed E-state index contributed by atoms with van der Waals surface area (Å²) in [5, 5.41) is 9.76. The van der Waals surface area contributed by atoms with Gasteiger partial charge in [0.1, 0.15) is 12.6 Å². The van der Waals surface area contributed by atoms with Gasteiger partial charge < -0.3 is 14.6 Å². The van der Waals surface area contributed by atoms with E-state index in [2.05, 4.69) is 0 Å². The molecule has 6 nitrogen and oxygen atoms in total. The minimum absolute atomic E-state index is 0.0132. The highest BCUT2D eigenvalue weighted by Gasteiger charge is 2.38. The Hall–Kier alpha value is -2.63. The molecule has 120 valence electrons. The number of carbonyl (C=O) groups excluding carboxylic acids is 1. The van der Waals surface area contributed by atoms with E-state index in [0.29, 0.717) is 10.9 Å². The Morgan fingerprint density at radius 2 is 2.00 bits per heavy atom. The van der Waals surface area contributed by atoms with Gasteiger partial charge >= 0.3 is 5.97 Å². The van der Waals surface area contributed by atoms with Gasteiger partial charge in [-0.2, -0.15) is 0 Å². The number of carbonyl (C=O) groups is 2. The maximum Gasteiger partial charge on any atom is 0.326 e. The molecule has 3 rings (SSSR count). The van der Waals surface area contributed by atoms with Gasteiger partial charge in [-0.15, -0.1) is 0 Å².